The second kappa shape index (κ2) is 3.47. The Kier molecular flexibility index (Phi) is 2.28. The van der Waals surface area contributed by atoms with E-state index >= 15 is 0 Å². The highest BCUT2D eigenvalue weighted by Crippen LogP contribution is 1.94. The molecule has 0 atom stereocenters. The number of allylic oxidation sites excluding steroid dienone is 1. The van der Waals surface area contributed by atoms with E-state index in [1.165, 1.54) is 6.08 Å². The lowest BCUT2D eigenvalue weighted by Gasteiger charge is -1.80. The van der Waals surface area contributed by atoms with Crippen LogP contribution >= 0.6 is 0 Å². The van der Waals surface area contributed by atoms with Crippen LogP contribution in [-0.2, 0) is 4.79 Å². The molecule has 1 aromatic carbocycles. The van der Waals surface area contributed by atoms with E-state index in [0.29, 0.717) is 0 Å². The van der Waals surface area contributed by atoms with Crippen molar-refractivity contribution in [2.24, 2.45) is 0 Å². The van der Waals surface area contributed by atoms with Crippen LogP contribution in [0.4, 0.5) is 0 Å². The van der Waals surface area contributed by atoms with Gasteiger partial charge in [-0.25, -0.2) is 0 Å². The van der Waals surface area contributed by atoms with Crippen LogP contribution in [0.2, 0.25) is 0 Å². The summed E-state index contributed by atoms with van der Waals surface area (Å²) in [6.45, 7) is 0. The van der Waals surface area contributed by atoms with E-state index in [0.717, 1.165) is 11.8 Å². The molecule has 0 fully saturated rings. The van der Waals surface area contributed by atoms with Gasteiger partial charge in [-0.15, -0.1) is 0 Å². The van der Waals surface area contributed by atoms with E-state index in [-0.39, 0.29) is 0 Å². The fraction of sp³-hybridized carbons (Fsp3) is 0. The van der Waals surface area contributed by atoms with Gasteiger partial charge >= 0.3 is 0 Å². The summed E-state index contributed by atoms with van der Waals surface area (Å²) in [4.78, 5) is 9.87. The third-order valence-electron chi connectivity index (χ3n) is 1.03. The van der Waals surface area contributed by atoms with Gasteiger partial charge in [0.15, 0.2) is 0 Å². The van der Waals surface area contributed by atoms with E-state index in [1.54, 1.807) is 12.1 Å². The summed E-state index contributed by atoms with van der Waals surface area (Å²) in [5.41, 5.74) is 0.870. The first-order valence-corrected chi connectivity index (χ1v) is 2.94. The molecule has 10 heavy (non-hydrogen) atoms. The average molecular weight is 130 g/mol. The number of hydrogen-bond acceptors (Lipinski definition) is 1. The monoisotopic (exact) mass is 130 g/mol. The molecule has 0 unspecified atom stereocenters. The number of carbonyl (C=O) groups excluding carboxylic acids is 1. The van der Waals surface area contributed by atoms with E-state index in [9.17, 15) is 4.79 Å². The first-order chi connectivity index (χ1) is 4.93. The van der Waals surface area contributed by atoms with Gasteiger partial charge in [-0.05, 0) is 24.3 Å². The third-order valence-corrected chi connectivity index (χ3v) is 1.03. The molecule has 0 amide bonds. The Balaban J connectivity index is 2.76. The topological polar surface area (TPSA) is 17.1 Å². The van der Waals surface area contributed by atoms with Crippen LogP contribution in [0.25, 0.3) is 6.08 Å². The van der Waals surface area contributed by atoms with Crippen LogP contribution in [0.3, 0.4) is 0 Å². The molecular weight excluding hydrogens is 124 g/mol. The van der Waals surface area contributed by atoms with Crippen molar-refractivity contribution in [3.8, 4) is 0 Å². The Bertz CT molecular complexity index is 224. The molecule has 48 valence electrons. The molecule has 0 aliphatic heterocycles. The van der Waals surface area contributed by atoms with Crippen molar-refractivity contribution in [3.05, 3.63) is 42.0 Å². The van der Waals surface area contributed by atoms with E-state index < -0.39 is 0 Å². The Morgan fingerprint density at radius 1 is 1.50 bits per heavy atom. The van der Waals surface area contributed by atoms with Crippen molar-refractivity contribution in [2.45, 2.75) is 0 Å². The van der Waals surface area contributed by atoms with Gasteiger partial charge in [-0.3, -0.25) is 4.79 Å². The highest BCUT2D eigenvalue weighted by atomic mass is 16.1. The first kappa shape index (κ1) is 6.57. The van der Waals surface area contributed by atoms with Crippen molar-refractivity contribution >= 4 is 12.4 Å². The Morgan fingerprint density at radius 3 is 3.00 bits per heavy atom. The molecule has 0 bridgehead atoms. The molecule has 0 spiro atoms. The average Bonchev–Trinajstić information content (AvgIpc) is 2.03. The van der Waals surface area contributed by atoms with Crippen molar-refractivity contribution in [2.75, 3.05) is 0 Å². The first-order valence-electron chi connectivity index (χ1n) is 2.94. The number of aldehydes is 1. The van der Waals surface area contributed by atoms with Gasteiger partial charge in [0, 0.05) is 5.56 Å². The molecule has 0 aromatic heterocycles. The lowest BCUT2D eigenvalue weighted by molar-refractivity contribution is -0.104. The SMILES string of the molecule is O=C/C=C/c1c#cccc1. The molecule has 0 radical (unpaired) electrons. The Labute approximate surface area is 60.0 Å². The molecule has 1 rings (SSSR count). The molecule has 0 aliphatic carbocycles. The van der Waals surface area contributed by atoms with Crippen LogP contribution in [-0.4, -0.2) is 6.29 Å². The van der Waals surface area contributed by atoms with Gasteiger partial charge in [0.05, 0.1) is 0 Å². The summed E-state index contributed by atoms with van der Waals surface area (Å²) in [7, 11) is 0. The third kappa shape index (κ3) is 1.75. The highest BCUT2D eigenvalue weighted by molar-refractivity contribution is 5.73. The molecule has 1 heteroatoms. The lowest BCUT2D eigenvalue weighted by atomic mass is 10.2. The van der Waals surface area contributed by atoms with E-state index in [2.05, 4.69) is 12.1 Å². The number of hydrogen-bond donors (Lipinski definition) is 0. The zero-order chi connectivity index (χ0) is 7.23. The zero-order valence-corrected chi connectivity index (χ0v) is 5.37. The second-order valence-electron chi connectivity index (χ2n) is 1.75. The van der Waals surface area contributed by atoms with Crippen molar-refractivity contribution in [3.63, 3.8) is 0 Å². The molecular formula is C9H6O. The second-order valence-corrected chi connectivity index (χ2v) is 1.75. The minimum absolute atomic E-state index is 0.737. The molecule has 0 N–H and O–H groups in total. The van der Waals surface area contributed by atoms with Gasteiger partial charge in [-0.1, -0.05) is 18.2 Å². The molecule has 0 saturated heterocycles. The van der Waals surface area contributed by atoms with E-state index in [1.807, 2.05) is 12.1 Å². The number of carbonyl (C=O) groups is 1. The summed E-state index contributed by atoms with van der Waals surface area (Å²) in [5.74, 6) is 0. The normalized spacial score (nSPS) is 9.20. The highest BCUT2D eigenvalue weighted by Gasteiger charge is 1.77. The van der Waals surface area contributed by atoms with Crippen molar-refractivity contribution < 1.29 is 4.79 Å². The van der Waals surface area contributed by atoms with Crippen LogP contribution in [0.1, 0.15) is 5.56 Å². The van der Waals surface area contributed by atoms with Gasteiger partial charge < -0.3 is 0 Å². The van der Waals surface area contributed by atoms with Crippen molar-refractivity contribution in [1.82, 2.24) is 0 Å². The van der Waals surface area contributed by atoms with Gasteiger partial charge in [0.2, 0.25) is 0 Å². The molecule has 0 aliphatic rings. The summed E-state index contributed by atoms with van der Waals surface area (Å²) in [5, 5.41) is 0. The van der Waals surface area contributed by atoms with Crippen LogP contribution in [0, 0.1) is 12.1 Å². The molecule has 0 saturated carbocycles. The quantitative estimate of drug-likeness (QED) is 0.438. The Morgan fingerprint density at radius 2 is 2.40 bits per heavy atom. The zero-order valence-electron chi connectivity index (χ0n) is 5.37. The summed E-state index contributed by atoms with van der Waals surface area (Å²) in [6, 6.07) is 11.1. The van der Waals surface area contributed by atoms with Crippen LogP contribution in [0.5, 0.6) is 0 Å². The minimum Gasteiger partial charge on any atom is -0.299 e. The van der Waals surface area contributed by atoms with Gasteiger partial charge in [-0.2, -0.15) is 0 Å². The van der Waals surface area contributed by atoms with Gasteiger partial charge in [0.1, 0.15) is 6.29 Å². The predicted octanol–water partition coefficient (Wildman–Crippen LogP) is 1.50. The molecule has 1 aromatic rings. The standard InChI is InChI=1S/C9H6O/c10-8-4-7-9-5-2-1-3-6-9/h1-2,4-5,7-8H/b7-4+. The largest absolute Gasteiger partial charge is 0.299 e. The van der Waals surface area contributed by atoms with Gasteiger partial charge in [0.25, 0.3) is 0 Å². The molecule has 0 heterocycles. The lowest BCUT2D eigenvalue weighted by Crippen LogP contribution is -1.65. The maximum absolute atomic E-state index is 9.87. The van der Waals surface area contributed by atoms with Crippen LogP contribution < -0.4 is 0 Å². The van der Waals surface area contributed by atoms with Crippen molar-refractivity contribution in [1.29, 1.82) is 0 Å². The summed E-state index contributed by atoms with van der Waals surface area (Å²) in [6.07, 6.45) is 3.85. The summed E-state index contributed by atoms with van der Waals surface area (Å²) >= 11 is 0. The predicted molar refractivity (Wildman–Crippen MR) is 39.2 cm³/mol. The maximum atomic E-state index is 9.87. The maximum Gasteiger partial charge on any atom is 0.142 e. The fourth-order valence-corrected chi connectivity index (χ4v) is 0.607. The molecule has 1 nitrogen and oxygen atoms in total. The van der Waals surface area contributed by atoms with Crippen LogP contribution in [0.15, 0.2) is 24.3 Å². The fourth-order valence-electron chi connectivity index (χ4n) is 0.607. The smallest absolute Gasteiger partial charge is 0.142 e. The minimum atomic E-state index is 0.737. The van der Waals surface area contributed by atoms with E-state index in [4.69, 9.17) is 0 Å². The Hall–Kier alpha value is -1.55. The number of rotatable bonds is 2. The summed E-state index contributed by atoms with van der Waals surface area (Å²) < 4.78 is 0.